The lowest BCUT2D eigenvalue weighted by Gasteiger charge is -2.29. The van der Waals surface area contributed by atoms with E-state index >= 15 is 0 Å². The maximum absolute atomic E-state index is 12.5. The van der Waals surface area contributed by atoms with Crippen LogP contribution in [0.15, 0.2) is 24.3 Å². The minimum Gasteiger partial charge on any atom is -0.399 e. The molecule has 98 valence electrons. The molecule has 0 unspecified atom stereocenters. The number of nitrogens with one attached hydrogen (secondary N) is 1. The first-order valence-corrected chi connectivity index (χ1v) is 6.37. The van der Waals surface area contributed by atoms with Gasteiger partial charge < -0.3 is 10.6 Å². The van der Waals surface area contributed by atoms with E-state index in [4.69, 9.17) is 5.73 Å². The SMILES string of the molecule is Cc1cc(C(=O)N2CCCc3cc(N)ccc32)n[nH]1. The monoisotopic (exact) mass is 256 g/mol. The summed E-state index contributed by atoms with van der Waals surface area (Å²) in [4.78, 5) is 14.3. The number of anilines is 2. The van der Waals surface area contributed by atoms with Crippen LogP contribution >= 0.6 is 0 Å². The molecule has 0 atom stereocenters. The lowest BCUT2D eigenvalue weighted by Crippen LogP contribution is -2.35. The minimum absolute atomic E-state index is 0.0601. The topological polar surface area (TPSA) is 75.0 Å². The van der Waals surface area contributed by atoms with Gasteiger partial charge in [0.2, 0.25) is 0 Å². The summed E-state index contributed by atoms with van der Waals surface area (Å²) in [5.74, 6) is -0.0601. The first-order valence-electron chi connectivity index (χ1n) is 6.37. The number of nitrogens with zero attached hydrogens (tertiary/aromatic N) is 2. The third kappa shape index (κ3) is 2.07. The number of rotatable bonds is 1. The van der Waals surface area contributed by atoms with Crippen molar-refractivity contribution in [1.29, 1.82) is 0 Å². The second-order valence-corrected chi connectivity index (χ2v) is 4.88. The highest BCUT2D eigenvalue weighted by molar-refractivity contribution is 6.05. The summed E-state index contributed by atoms with van der Waals surface area (Å²) in [6.45, 7) is 2.61. The highest BCUT2D eigenvalue weighted by Crippen LogP contribution is 2.29. The predicted octanol–water partition coefficient (Wildman–Crippen LogP) is 1.89. The number of hydrogen-bond acceptors (Lipinski definition) is 3. The first kappa shape index (κ1) is 11.8. The molecule has 5 nitrogen and oxygen atoms in total. The Bertz CT molecular complexity index is 632. The first-order chi connectivity index (χ1) is 9.15. The molecule has 0 fully saturated rings. The number of fused-ring (bicyclic) bond motifs is 1. The molecule has 1 aliphatic heterocycles. The summed E-state index contributed by atoms with van der Waals surface area (Å²) in [6.07, 6.45) is 1.91. The second kappa shape index (κ2) is 4.42. The van der Waals surface area contributed by atoms with Crippen LogP contribution in [0, 0.1) is 6.92 Å². The predicted molar refractivity (Wildman–Crippen MR) is 74.2 cm³/mol. The molecule has 1 aromatic carbocycles. The Morgan fingerprint density at radius 3 is 3.00 bits per heavy atom. The quantitative estimate of drug-likeness (QED) is 0.765. The van der Waals surface area contributed by atoms with E-state index in [0.717, 1.165) is 42.0 Å². The molecule has 0 saturated carbocycles. The van der Waals surface area contributed by atoms with E-state index in [1.807, 2.05) is 25.1 Å². The van der Waals surface area contributed by atoms with Crippen LogP contribution in [0.2, 0.25) is 0 Å². The van der Waals surface area contributed by atoms with Crippen LogP contribution in [0.1, 0.15) is 28.2 Å². The van der Waals surface area contributed by atoms with Gasteiger partial charge in [-0.1, -0.05) is 0 Å². The zero-order valence-corrected chi connectivity index (χ0v) is 10.8. The number of benzene rings is 1. The summed E-state index contributed by atoms with van der Waals surface area (Å²) in [5, 5.41) is 6.84. The number of carbonyl (C=O) groups is 1. The van der Waals surface area contributed by atoms with Crippen molar-refractivity contribution in [2.75, 3.05) is 17.2 Å². The summed E-state index contributed by atoms with van der Waals surface area (Å²) < 4.78 is 0. The van der Waals surface area contributed by atoms with Crippen LogP contribution in [0.25, 0.3) is 0 Å². The summed E-state index contributed by atoms with van der Waals surface area (Å²) in [5.41, 5.74) is 9.97. The number of aromatic amines is 1. The standard InChI is InChI=1S/C14H16N4O/c1-9-7-12(17-16-9)14(19)18-6-2-3-10-8-11(15)4-5-13(10)18/h4-5,7-8H,2-3,6,15H2,1H3,(H,16,17). The van der Waals surface area contributed by atoms with Crippen LogP contribution in [0.4, 0.5) is 11.4 Å². The molecular formula is C14H16N4O. The molecule has 0 bridgehead atoms. The van der Waals surface area contributed by atoms with E-state index in [-0.39, 0.29) is 5.91 Å². The minimum atomic E-state index is -0.0601. The number of aromatic nitrogens is 2. The van der Waals surface area contributed by atoms with Crippen molar-refractivity contribution in [3.63, 3.8) is 0 Å². The van der Waals surface area contributed by atoms with Gasteiger partial charge >= 0.3 is 0 Å². The van der Waals surface area contributed by atoms with Crippen molar-refractivity contribution < 1.29 is 4.79 Å². The van der Waals surface area contributed by atoms with Gasteiger partial charge in [0.15, 0.2) is 5.69 Å². The van der Waals surface area contributed by atoms with Crippen LogP contribution in [-0.4, -0.2) is 22.6 Å². The number of nitrogen functional groups attached to an aromatic ring is 1. The lowest BCUT2D eigenvalue weighted by atomic mass is 10.0. The van der Waals surface area contributed by atoms with Gasteiger partial charge in [-0.2, -0.15) is 5.10 Å². The third-order valence-electron chi connectivity index (χ3n) is 3.39. The van der Waals surface area contributed by atoms with Gasteiger partial charge in [-0.3, -0.25) is 9.89 Å². The average Bonchev–Trinajstić information content (AvgIpc) is 2.83. The number of aryl methyl sites for hydroxylation is 2. The highest BCUT2D eigenvalue weighted by Gasteiger charge is 2.25. The maximum atomic E-state index is 12.5. The molecule has 2 heterocycles. The summed E-state index contributed by atoms with van der Waals surface area (Å²) in [7, 11) is 0. The van der Waals surface area contributed by atoms with E-state index in [1.165, 1.54) is 0 Å². The van der Waals surface area contributed by atoms with Crippen molar-refractivity contribution >= 4 is 17.3 Å². The Morgan fingerprint density at radius 1 is 1.42 bits per heavy atom. The normalized spacial score (nSPS) is 14.3. The Morgan fingerprint density at radius 2 is 2.26 bits per heavy atom. The number of amides is 1. The molecule has 0 saturated heterocycles. The highest BCUT2D eigenvalue weighted by atomic mass is 16.2. The molecule has 0 aliphatic carbocycles. The fourth-order valence-corrected chi connectivity index (χ4v) is 2.49. The van der Waals surface area contributed by atoms with Crippen molar-refractivity contribution in [2.24, 2.45) is 0 Å². The third-order valence-corrected chi connectivity index (χ3v) is 3.39. The summed E-state index contributed by atoms with van der Waals surface area (Å²) in [6, 6.07) is 7.47. The average molecular weight is 256 g/mol. The Kier molecular flexibility index (Phi) is 2.74. The number of nitrogens with two attached hydrogens (primary N) is 1. The van der Waals surface area contributed by atoms with Gasteiger partial charge in [-0.25, -0.2) is 0 Å². The fourth-order valence-electron chi connectivity index (χ4n) is 2.49. The second-order valence-electron chi connectivity index (χ2n) is 4.88. The smallest absolute Gasteiger partial charge is 0.278 e. The molecule has 0 spiro atoms. The van der Waals surface area contributed by atoms with Gasteiger partial charge in [0.25, 0.3) is 5.91 Å². The van der Waals surface area contributed by atoms with E-state index < -0.39 is 0 Å². The largest absolute Gasteiger partial charge is 0.399 e. The zero-order valence-electron chi connectivity index (χ0n) is 10.8. The van der Waals surface area contributed by atoms with Gasteiger partial charge in [-0.15, -0.1) is 0 Å². The van der Waals surface area contributed by atoms with Crippen LogP contribution < -0.4 is 10.6 Å². The zero-order chi connectivity index (χ0) is 13.4. The molecule has 5 heteroatoms. The molecule has 3 N–H and O–H groups in total. The molecule has 19 heavy (non-hydrogen) atoms. The van der Waals surface area contributed by atoms with Crippen molar-refractivity contribution in [3.05, 3.63) is 41.2 Å². The van der Waals surface area contributed by atoms with Crippen LogP contribution in [-0.2, 0) is 6.42 Å². The number of hydrogen-bond donors (Lipinski definition) is 2. The lowest BCUT2D eigenvalue weighted by molar-refractivity contribution is 0.0980. The van der Waals surface area contributed by atoms with E-state index in [2.05, 4.69) is 10.2 Å². The van der Waals surface area contributed by atoms with Crippen molar-refractivity contribution in [2.45, 2.75) is 19.8 Å². The molecule has 0 radical (unpaired) electrons. The van der Waals surface area contributed by atoms with Gasteiger partial charge in [0.1, 0.15) is 0 Å². The maximum Gasteiger partial charge on any atom is 0.278 e. The molecule has 1 aromatic heterocycles. The number of carbonyl (C=O) groups excluding carboxylic acids is 1. The molecular weight excluding hydrogens is 240 g/mol. The van der Waals surface area contributed by atoms with E-state index in [1.54, 1.807) is 11.0 Å². The molecule has 2 aromatic rings. The van der Waals surface area contributed by atoms with E-state index in [0.29, 0.717) is 5.69 Å². The summed E-state index contributed by atoms with van der Waals surface area (Å²) >= 11 is 0. The molecule has 1 aliphatic rings. The molecule has 3 rings (SSSR count). The van der Waals surface area contributed by atoms with Gasteiger partial charge in [0.05, 0.1) is 0 Å². The van der Waals surface area contributed by atoms with Gasteiger partial charge in [-0.05, 0) is 49.6 Å². The Balaban J connectivity index is 1.97. The van der Waals surface area contributed by atoms with Gasteiger partial charge in [0, 0.05) is 23.6 Å². The Hall–Kier alpha value is -2.30. The Labute approximate surface area is 111 Å². The fraction of sp³-hybridized carbons (Fsp3) is 0.286. The number of H-pyrrole nitrogens is 1. The van der Waals surface area contributed by atoms with E-state index in [9.17, 15) is 4.79 Å². The van der Waals surface area contributed by atoms with Crippen molar-refractivity contribution in [1.82, 2.24) is 10.2 Å². The van der Waals surface area contributed by atoms with Crippen LogP contribution in [0.5, 0.6) is 0 Å². The van der Waals surface area contributed by atoms with Crippen molar-refractivity contribution in [3.8, 4) is 0 Å². The van der Waals surface area contributed by atoms with Crippen LogP contribution in [0.3, 0.4) is 0 Å². The molecule has 1 amide bonds.